The van der Waals surface area contributed by atoms with E-state index >= 15 is 0 Å². The molecule has 0 radical (unpaired) electrons. The van der Waals surface area contributed by atoms with Crippen LogP contribution in [0.4, 0.5) is 20.2 Å². The summed E-state index contributed by atoms with van der Waals surface area (Å²) in [5, 5.41) is 3.83. The lowest BCUT2D eigenvalue weighted by Gasteiger charge is -2.33. The Balaban J connectivity index is 1.55. The van der Waals surface area contributed by atoms with Gasteiger partial charge in [0.25, 0.3) is 5.91 Å². The Morgan fingerprint density at radius 3 is 2.38 bits per heavy atom. The van der Waals surface area contributed by atoms with Crippen LogP contribution in [0, 0.1) is 25.5 Å². The van der Waals surface area contributed by atoms with Crippen molar-refractivity contribution in [2.24, 2.45) is 0 Å². The van der Waals surface area contributed by atoms with Gasteiger partial charge in [-0.05, 0) is 74.1 Å². The molecule has 1 aromatic heterocycles. The molecular formula is C25H25F2N3OS. The van der Waals surface area contributed by atoms with Crippen LogP contribution in [0.15, 0.2) is 53.7 Å². The van der Waals surface area contributed by atoms with Crippen molar-refractivity contribution in [2.45, 2.75) is 37.6 Å². The molecule has 0 saturated carbocycles. The molecule has 32 heavy (non-hydrogen) atoms. The third-order valence-electron chi connectivity index (χ3n) is 6.10. The zero-order valence-corrected chi connectivity index (χ0v) is 18.9. The van der Waals surface area contributed by atoms with Crippen molar-refractivity contribution in [2.75, 3.05) is 18.4 Å². The SMILES string of the molecule is Cc1cc(F)ccc1Nc1c(C(=O)N2CCC(c3ccc(F)cc3)CC2)cnc(S)c1C. The average molecular weight is 454 g/mol. The van der Waals surface area contributed by atoms with E-state index in [4.69, 9.17) is 0 Å². The molecule has 0 unspecified atom stereocenters. The molecule has 1 aliphatic heterocycles. The van der Waals surface area contributed by atoms with Crippen LogP contribution in [0.25, 0.3) is 0 Å². The van der Waals surface area contributed by atoms with Crippen LogP contribution in [0.1, 0.15) is 45.8 Å². The summed E-state index contributed by atoms with van der Waals surface area (Å²) in [6.45, 7) is 4.88. The molecule has 166 valence electrons. The Morgan fingerprint density at radius 1 is 1.06 bits per heavy atom. The molecule has 3 aromatic rings. The van der Waals surface area contributed by atoms with Gasteiger partial charge in [0.05, 0.1) is 16.3 Å². The van der Waals surface area contributed by atoms with Gasteiger partial charge in [-0.15, -0.1) is 12.6 Å². The Morgan fingerprint density at radius 2 is 1.72 bits per heavy atom. The summed E-state index contributed by atoms with van der Waals surface area (Å²) >= 11 is 4.42. The number of likely N-dealkylation sites (tertiary alicyclic amines) is 1. The Hall–Kier alpha value is -2.93. The van der Waals surface area contributed by atoms with E-state index in [0.717, 1.165) is 35.2 Å². The van der Waals surface area contributed by atoms with Crippen LogP contribution in [0.3, 0.4) is 0 Å². The predicted molar refractivity (Wildman–Crippen MR) is 125 cm³/mol. The maximum absolute atomic E-state index is 13.5. The second-order valence-electron chi connectivity index (χ2n) is 8.20. The van der Waals surface area contributed by atoms with Crippen molar-refractivity contribution < 1.29 is 13.6 Å². The number of nitrogens with one attached hydrogen (secondary N) is 1. The fraction of sp³-hybridized carbons (Fsp3) is 0.280. The largest absolute Gasteiger partial charge is 0.354 e. The van der Waals surface area contributed by atoms with Crippen molar-refractivity contribution in [3.05, 3.63) is 82.5 Å². The molecule has 4 rings (SSSR count). The first kappa shape index (κ1) is 22.3. The number of hydrogen-bond donors (Lipinski definition) is 2. The fourth-order valence-electron chi connectivity index (χ4n) is 4.15. The molecule has 4 nitrogen and oxygen atoms in total. The minimum atomic E-state index is -0.310. The molecule has 0 atom stereocenters. The summed E-state index contributed by atoms with van der Waals surface area (Å²) in [6, 6.07) is 11.1. The van der Waals surface area contributed by atoms with Gasteiger partial charge < -0.3 is 10.2 Å². The summed E-state index contributed by atoms with van der Waals surface area (Å²) in [5.74, 6) is -0.351. The van der Waals surface area contributed by atoms with Gasteiger partial charge in [-0.1, -0.05) is 12.1 Å². The highest BCUT2D eigenvalue weighted by Gasteiger charge is 2.27. The number of benzene rings is 2. The van der Waals surface area contributed by atoms with Crippen LogP contribution in [0.5, 0.6) is 0 Å². The Labute approximate surface area is 192 Å². The smallest absolute Gasteiger partial charge is 0.257 e. The zero-order valence-electron chi connectivity index (χ0n) is 18.0. The fourth-order valence-corrected chi connectivity index (χ4v) is 4.32. The minimum absolute atomic E-state index is 0.103. The predicted octanol–water partition coefficient (Wildman–Crippen LogP) is 6.03. The maximum Gasteiger partial charge on any atom is 0.257 e. The second-order valence-corrected chi connectivity index (χ2v) is 8.62. The molecule has 1 amide bonds. The summed E-state index contributed by atoms with van der Waals surface area (Å²) in [5.41, 5.74) is 4.40. The van der Waals surface area contributed by atoms with Crippen molar-refractivity contribution in [1.82, 2.24) is 9.88 Å². The summed E-state index contributed by atoms with van der Waals surface area (Å²) < 4.78 is 26.7. The molecule has 1 fully saturated rings. The number of anilines is 2. The average Bonchev–Trinajstić information content (AvgIpc) is 2.79. The van der Waals surface area contributed by atoms with Crippen LogP contribution < -0.4 is 5.32 Å². The first-order chi connectivity index (χ1) is 15.3. The molecule has 0 bridgehead atoms. The van der Waals surface area contributed by atoms with E-state index < -0.39 is 0 Å². The Bertz CT molecular complexity index is 1140. The number of thiol groups is 1. The van der Waals surface area contributed by atoms with Crippen LogP contribution in [-0.2, 0) is 0 Å². The van der Waals surface area contributed by atoms with E-state index in [9.17, 15) is 13.6 Å². The molecule has 1 N–H and O–H groups in total. The van der Waals surface area contributed by atoms with E-state index in [1.807, 2.05) is 30.9 Å². The van der Waals surface area contributed by atoms with E-state index in [0.29, 0.717) is 35.3 Å². The summed E-state index contributed by atoms with van der Waals surface area (Å²) in [6.07, 6.45) is 3.17. The molecule has 0 spiro atoms. The zero-order chi connectivity index (χ0) is 22.8. The van der Waals surface area contributed by atoms with E-state index in [1.54, 1.807) is 12.3 Å². The number of carbonyl (C=O) groups excluding carboxylic acids is 1. The second kappa shape index (κ2) is 9.28. The number of pyridine rings is 1. The lowest BCUT2D eigenvalue weighted by atomic mass is 9.89. The van der Waals surface area contributed by atoms with Gasteiger partial charge in [-0.25, -0.2) is 13.8 Å². The van der Waals surface area contributed by atoms with Crippen molar-refractivity contribution >= 4 is 29.9 Å². The number of amides is 1. The van der Waals surface area contributed by atoms with Crippen molar-refractivity contribution in [1.29, 1.82) is 0 Å². The number of rotatable bonds is 4. The maximum atomic E-state index is 13.5. The third-order valence-corrected chi connectivity index (χ3v) is 6.55. The lowest BCUT2D eigenvalue weighted by Crippen LogP contribution is -2.38. The first-order valence-electron chi connectivity index (χ1n) is 10.6. The Kier molecular flexibility index (Phi) is 6.46. The quantitative estimate of drug-likeness (QED) is 0.474. The van der Waals surface area contributed by atoms with Gasteiger partial charge in [-0.2, -0.15) is 0 Å². The van der Waals surface area contributed by atoms with Gasteiger partial charge >= 0.3 is 0 Å². The lowest BCUT2D eigenvalue weighted by molar-refractivity contribution is 0.0713. The molecule has 2 aromatic carbocycles. The summed E-state index contributed by atoms with van der Waals surface area (Å²) in [4.78, 5) is 19.5. The van der Waals surface area contributed by atoms with E-state index in [2.05, 4.69) is 22.9 Å². The number of aryl methyl sites for hydroxylation is 1. The number of nitrogens with zero attached hydrogens (tertiary/aromatic N) is 2. The normalized spacial score (nSPS) is 14.5. The molecule has 1 aliphatic rings. The topological polar surface area (TPSA) is 45.2 Å². The van der Waals surface area contributed by atoms with Crippen LogP contribution in [-0.4, -0.2) is 28.9 Å². The molecule has 0 aliphatic carbocycles. The van der Waals surface area contributed by atoms with Crippen LogP contribution in [0.2, 0.25) is 0 Å². The van der Waals surface area contributed by atoms with Crippen molar-refractivity contribution in [3.8, 4) is 0 Å². The monoisotopic (exact) mass is 453 g/mol. The van der Waals surface area contributed by atoms with Gasteiger partial charge in [0.1, 0.15) is 11.6 Å². The molecule has 7 heteroatoms. The van der Waals surface area contributed by atoms with Gasteiger partial charge in [0, 0.05) is 30.5 Å². The highest BCUT2D eigenvalue weighted by atomic mass is 32.1. The number of hydrogen-bond acceptors (Lipinski definition) is 4. The van der Waals surface area contributed by atoms with E-state index in [1.165, 1.54) is 24.3 Å². The minimum Gasteiger partial charge on any atom is -0.354 e. The number of carbonyl (C=O) groups is 1. The summed E-state index contributed by atoms with van der Waals surface area (Å²) in [7, 11) is 0. The molecular weight excluding hydrogens is 428 g/mol. The van der Waals surface area contributed by atoms with Crippen LogP contribution >= 0.6 is 12.6 Å². The van der Waals surface area contributed by atoms with Gasteiger partial charge in [0.2, 0.25) is 0 Å². The number of halogens is 2. The molecule has 2 heterocycles. The molecule has 1 saturated heterocycles. The standard InChI is InChI=1S/C25H25F2N3OS/c1-15-13-20(27)7-8-22(15)29-23-16(2)24(32)28-14-21(23)25(31)30-11-9-18(10-12-30)17-3-5-19(26)6-4-17/h3-8,13-14,18H,9-12H2,1-2H3,(H2,28,29,32). The van der Waals surface area contributed by atoms with Gasteiger partial charge in [-0.3, -0.25) is 4.79 Å². The third kappa shape index (κ3) is 4.63. The number of aromatic nitrogens is 1. The highest BCUT2D eigenvalue weighted by molar-refractivity contribution is 7.80. The number of piperidine rings is 1. The highest BCUT2D eigenvalue weighted by Crippen LogP contribution is 2.33. The van der Waals surface area contributed by atoms with Gasteiger partial charge in [0.15, 0.2) is 0 Å². The van der Waals surface area contributed by atoms with Crippen molar-refractivity contribution in [3.63, 3.8) is 0 Å². The van der Waals surface area contributed by atoms with E-state index in [-0.39, 0.29) is 17.5 Å². The first-order valence-corrected chi connectivity index (χ1v) is 11.0.